The molecule has 0 fully saturated rings. The summed E-state index contributed by atoms with van der Waals surface area (Å²) in [6.07, 6.45) is 2.09. The summed E-state index contributed by atoms with van der Waals surface area (Å²) in [6.45, 7) is 13.5. The smallest absolute Gasteiger partial charge is 0.0421 e. The maximum absolute atomic E-state index is 3.78. The predicted octanol–water partition coefficient (Wildman–Crippen LogP) is 2.71. The van der Waals surface area contributed by atoms with Crippen LogP contribution < -0.4 is 0 Å². The zero-order chi connectivity index (χ0) is 7.49. The molecule has 0 unspecified atom stereocenters. The fourth-order valence-corrected chi connectivity index (χ4v) is 3.35. The van der Waals surface area contributed by atoms with Gasteiger partial charge < -0.3 is 0 Å². The summed E-state index contributed by atoms with van der Waals surface area (Å²) in [6, 6.07) is 1.30. The molecule has 2 heteroatoms. The van der Waals surface area contributed by atoms with E-state index in [9.17, 15) is 0 Å². The molecule has 9 heavy (non-hydrogen) atoms. The van der Waals surface area contributed by atoms with Gasteiger partial charge in [-0.05, 0) is 6.04 Å². The minimum atomic E-state index is -0.797. The van der Waals surface area contributed by atoms with E-state index in [2.05, 4.69) is 38.8 Å². The van der Waals surface area contributed by atoms with Gasteiger partial charge in [0, 0.05) is 15.9 Å². The molecule has 1 radical (unpaired) electrons. The second-order valence-corrected chi connectivity index (χ2v) is 16.6. The Morgan fingerprint density at radius 2 is 1.89 bits per heavy atom. The number of allylic oxidation sites excluding steroid dienone is 1. The van der Waals surface area contributed by atoms with Gasteiger partial charge in [0.2, 0.25) is 0 Å². The van der Waals surface area contributed by atoms with Crippen molar-refractivity contribution in [1.29, 1.82) is 0 Å². The van der Waals surface area contributed by atoms with Gasteiger partial charge in [-0.1, -0.05) is 32.3 Å². The second kappa shape index (κ2) is 3.37. The summed E-state index contributed by atoms with van der Waals surface area (Å²) < 4.78 is 0. The molecule has 0 saturated carbocycles. The Morgan fingerprint density at radius 3 is 2.00 bits per heavy atom. The van der Waals surface area contributed by atoms with Crippen molar-refractivity contribution in [3.05, 3.63) is 12.7 Å². The first-order valence-electron chi connectivity index (χ1n) is 3.42. The lowest BCUT2D eigenvalue weighted by atomic mass is 10.8. The van der Waals surface area contributed by atoms with E-state index in [0.29, 0.717) is 0 Å². The SMILES string of the molecule is C=CC[Si](C)(C)[Si](C)C. The van der Waals surface area contributed by atoms with E-state index in [1.165, 1.54) is 6.04 Å². The average molecular weight is 157 g/mol. The molecular weight excluding hydrogens is 140 g/mol. The second-order valence-electron chi connectivity index (χ2n) is 3.38. The summed E-state index contributed by atoms with van der Waals surface area (Å²) in [7, 11) is -0.803. The Labute approximate surface area is 61.4 Å². The molecule has 0 aliphatic carbocycles. The van der Waals surface area contributed by atoms with Crippen LogP contribution in [0.5, 0.6) is 0 Å². The maximum atomic E-state index is 3.78. The van der Waals surface area contributed by atoms with E-state index in [1.807, 2.05) is 0 Å². The van der Waals surface area contributed by atoms with E-state index in [4.69, 9.17) is 0 Å². The third-order valence-corrected chi connectivity index (χ3v) is 14.8. The third kappa shape index (κ3) is 3.01. The number of rotatable bonds is 3. The van der Waals surface area contributed by atoms with Crippen molar-refractivity contribution < 1.29 is 0 Å². The topological polar surface area (TPSA) is 0 Å². The minimum Gasteiger partial charge on any atom is -0.103 e. The fraction of sp³-hybridized carbons (Fsp3) is 0.714. The number of hydrogen-bond donors (Lipinski definition) is 0. The molecular formula is C7H17Si2. The zero-order valence-electron chi connectivity index (χ0n) is 6.99. The lowest BCUT2D eigenvalue weighted by molar-refractivity contribution is 1.58. The van der Waals surface area contributed by atoms with Gasteiger partial charge in [0.1, 0.15) is 0 Å². The van der Waals surface area contributed by atoms with Gasteiger partial charge in [0.05, 0.1) is 0 Å². The van der Waals surface area contributed by atoms with Crippen LogP contribution in [0.3, 0.4) is 0 Å². The van der Waals surface area contributed by atoms with E-state index < -0.39 is 7.59 Å². The van der Waals surface area contributed by atoms with Crippen molar-refractivity contribution in [2.45, 2.75) is 32.2 Å². The average Bonchev–Trinajstić information content (AvgIpc) is 1.65. The van der Waals surface area contributed by atoms with E-state index in [0.717, 1.165) is 0 Å². The molecule has 0 heterocycles. The Kier molecular flexibility index (Phi) is 3.43. The van der Waals surface area contributed by atoms with Crippen molar-refractivity contribution in [3.63, 3.8) is 0 Å². The normalized spacial score (nSPS) is 12.1. The molecule has 53 valence electrons. The van der Waals surface area contributed by atoms with Gasteiger partial charge >= 0.3 is 0 Å². The molecule has 0 aromatic rings. The molecule has 0 bridgehead atoms. The summed E-state index contributed by atoms with van der Waals surface area (Å²) in [5.74, 6) is 0. The number of hydrogen-bond acceptors (Lipinski definition) is 0. The molecule has 0 rings (SSSR count). The zero-order valence-corrected chi connectivity index (χ0v) is 8.99. The van der Waals surface area contributed by atoms with Crippen molar-refractivity contribution in [3.8, 4) is 0 Å². The van der Waals surface area contributed by atoms with Crippen LogP contribution in [0.25, 0.3) is 0 Å². The fourth-order valence-electron chi connectivity index (χ4n) is 0.565. The van der Waals surface area contributed by atoms with Crippen molar-refractivity contribution in [1.82, 2.24) is 0 Å². The molecule has 0 amide bonds. The van der Waals surface area contributed by atoms with Crippen molar-refractivity contribution >= 4 is 15.9 Å². The molecule has 0 aromatic carbocycles. The van der Waals surface area contributed by atoms with Gasteiger partial charge in [-0.25, -0.2) is 0 Å². The molecule has 0 nitrogen and oxygen atoms in total. The summed E-state index contributed by atoms with van der Waals surface area (Å²) >= 11 is 0. The Morgan fingerprint density at radius 1 is 1.44 bits per heavy atom. The van der Waals surface area contributed by atoms with Gasteiger partial charge in [-0.15, -0.1) is 6.58 Å². The summed E-state index contributed by atoms with van der Waals surface area (Å²) in [5, 5.41) is 0. The highest BCUT2D eigenvalue weighted by Gasteiger charge is 2.23. The Bertz CT molecular complexity index is 95.1. The molecule has 0 aliphatic heterocycles. The first-order chi connectivity index (χ1) is 4.00. The molecule has 0 atom stereocenters. The van der Waals surface area contributed by atoms with Gasteiger partial charge in [-0.2, -0.15) is 0 Å². The third-order valence-electron chi connectivity index (χ3n) is 2.01. The van der Waals surface area contributed by atoms with Crippen LogP contribution in [-0.2, 0) is 0 Å². The van der Waals surface area contributed by atoms with Crippen LogP contribution in [0, 0.1) is 0 Å². The van der Waals surface area contributed by atoms with Crippen LogP contribution in [0.1, 0.15) is 0 Å². The highest BCUT2D eigenvalue weighted by molar-refractivity contribution is 7.31. The van der Waals surface area contributed by atoms with Crippen LogP contribution in [-0.4, -0.2) is 15.9 Å². The summed E-state index contributed by atoms with van der Waals surface area (Å²) in [5.41, 5.74) is 0. The molecule has 0 saturated heterocycles. The minimum absolute atomic E-state index is 0.00580. The van der Waals surface area contributed by atoms with Crippen molar-refractivity contribution in [2.24, 2.45) is 0 Å². The summed E-state index contributed by atoms with van der Waals surface area (Å²) in [4.78, 5) is 0. The van der Waals surface area contributed by atoms with E-state index >= 15 is 0 Å². The first kappa shape index (κ1) is 9.17. The highest BCUT2D eigenvalue weighted by Crippen LogP contribution is 2.12. The predicted molar refractivity (Wildman–Crippen MR) is 50.0 cm³/mol. The highest BCUT2D eigenvalue weighted by atomic mass is 29.2. The van der Waals surface area contributed by atoms with Crippen LogP contribution >= 0.6 is 0 Å². The standard InChI is InChI=1S/C7H17Si2/c1-6-7-9(4,5)8(2)3/h6H,1,7H2,2-5H3. The molecule has 0 aromatic heterocycles. The van der Waals surface area contributed by atoms with Crippen LogP contribution in [0.15, 0.2) is 12.7 Å². The van der Waals surface area contributed by atoms with Gasteiger partial charge in [-0.3, -0.25) is 0 Å². The lowest BCUT2D eigenvalue weighted by Crippen LogP contribution is -2.40. The molecule has 0 spiro atoms. The van der Waals surface area contributed by atoms with Crippen LogP contribution in [0.2, 0.25) is 32.2 Å². The quantitative estimate of drug-likeness (QED) is 0.436. The van der Waals surface area contributed by atoms with E-state index in [1.54, 1.807) is 0 Å². The maximum Gasteiger partial charge on any atom is 0.0421 e. The first-order valence-corrected chi connectivity index (χ1v) is 10.1. The Hall–Kier alpha value is 0.174. The Balaban J connectivity index is 3.84. The van der Waals surface area contributed by atoms with Gasteiger partial charge in [0.15, 0.2) is 0 Å². The van der Waals surface area contributed by atoms with Crippen LogP contribution in [0.4, 0.5) is 0 Å². The van der Waals surface area contributed by atoms with Crippen molar-refractivity contribution in [2.75, 3.05) is 0 Å². The van der Waals surface area contributed by atoms with Gasteiger partial charge in [0.25, 0.3) is 0 Å². The molecule has 0 aliphatic rings. The lowest BCUT2D eigenvalue weighted by Gasteiger charge is -2.23. The van der Waals surface area contributed by atoms with E-state index in [-0.39, 0.29) is 8.31 Å². The molecule has 0 N–H and O–H groups in total. The largest absolute Gasteiger partial charge is 0.103 e. The monoisotopic (exact) mass is 157 g/mol.